The smallest absolute Gasteiger partial charge is 0.214 e. The summed E-state index contributed by atoms with van der Waals surface area (Å²) < 4.78 is 26.0. The van der Waals surface area contributed by atoms with Crippen molar-refractivity contribution in [2.45, 2.75) is 44.6 Å². The summed E-state index contributed by atoms with van der Waals surface area (Å²) >= 11 is 0. The van der Waals surface area contributed by atoms with Gasteiger partial charge in [0.05, 0.1) is 5.75 Å². The lowest BCUT2D eigenvalue weighted by Gasteiger charge is -2.21. The van der Waals surface area contributed by atoms with E-state index in [0.29, 0.717) is 24.9 Å². The van der Waals surface area contributed by atoms with E-state index in [9.17, 15) is 8.42 Å². The molecule has 0 spiro atoms. The zero-order valence-corrected chi connectivity index (χ0v) is 10.6. The van der Waals surface area contributed by atoms with Gasteiger partial charge in [0, 0.05) is 12.6 Å². The second kappa shape index (κ2) is 5.02. The fourth-order valence-electron chi connectivity index (χ4n) is 1.95. The van der Waals surface area contributed by atoms with Gasteiger partial charge in [-0.15, -0.1) is 0 Å². The Balaban J connectivity index is 1.88. The van der Waals surface area contributed by atoms with Crippen LogP contribution >= 0.6 is 0 Å². The first-order valence-electron chi connectivity index (χ1n) is 6.33. The third-order valence-corrected chi connectivity index (χ3v) is 5.27. The van der Waals surface area contributed by atoms with Gasteiger partial charge in [0.15, 0.2) is 0 Å². The molecule has 2 aliphatic carbocycles. The molecule has 2 saturated carbocycles. The molecule has 0 atom stereocenters. The van der Waals surface area contributed by atoms with Gasteiger partial charge in [-0.05, 0) is 51.0 Å². The summed E-state index contributed by atoms with van der Waals surface area (Å²) in [6.07, 6.45) is 6.04. The van der Waals surface area contributed by atoms with Gasteiger partial charge in [-0.25, -0.2) is 8.42 Å². The van der Waals surface area contributed by atoms with Crippen molar-refractivity contribution in [2.24, 2.45) is 11.7 Å². The maximum Gasteiger partial charge on any atom is 0.214 e. The Labute approximate surface area is 98.2 Å². The fraction of sp³-hybridized carbons (Fsp3) is 1.00. The molecule has 0 aromatic rings. The van der Waals surface area contributed by atoms with Crippen molar-refractivity contribution < 1.29 is 8.42 Å². The van der Waals surface area contributed by atoms with E-state index in [4.69, 9.17) is 5.73 Å². The first-order chi connectivity index (χ1) is 7.63. The number of rotatable bonds is 8. The number of sulfonamides is 1. The molecule has 0 heterocycles. The van der Waals surface area contributed by atoms with Crippen LogP contribution in [0.2, 0.25) is 0 Å². The second-order valence-electron chi connectivity index (χ2n) is 5.06. The molecule has 2 N–H and O–H groups in total. The number of nitrogens with two attached hydrogens (primary N) is 1. The minimum atomic E-state index is -3.01. The van der Waals surface area contributed by atoms with Crippen molar-refractivity contribution in [1.82, 2.24) is 4.31 Å². The van der Waals surface area contributed by atoms with Gasteiger partial charge in [-0.2, -0.15) is 4.31 Å². The lowest BCUT2D eigenvalue weighted by Crippen LogP contribution is -2.36. The molecule has 4 nitrogen and oxygen atoms in total. The molecule has 0 amide bonds. The molecule has 0 aromatic carbocycles. The fourth-order valence-corrected chi connectivity index (χ4v) is 3.86. The Morgan fingerprint density at radius 3 is 2.31 bits per heavy atom. The van der Waals surface area contributed by atoms with E-state index in [1.807, 2.05) is 0 Å². The molecule has 0 aromatic heterocycles. The Bertz CT molecular complexity index is 321. The average Bonchev–Trinajstić information content (AvgIpc) is 3.08. The van der Waals surface area contributed by atoms with Crippen molar-refractivity contribution in [3.63, 3.8) is 0 Å². The molecule has 0 radical (unpaired) electrons. The largest absolute Gasteiger partial charge is 0.330 e. The minimum Gasteiger partial charge on any atom is -0.330 e. The lowest BCUT2D eigenvalue weighted by atomic mass is 10.3. The summed E-state index contributed by atoms with van der Waals surface area (Å²) in [6, 6.07) is 0.323. The summed E-state index contributed by atoms with van der Waals surface area (Å²) in [6.45, 7) is 1.36. The first-order valence-corrected chi connectivity index (χ1v) is 7.94. The van der Waals surface area contributed by atoms with Gasteiger partial charge in [0.1, 0.15) is 0 Å². The number of hydrogen-bond donors (Lipinski definition) is 1. The van der Waals surface area contributed by atoms with Gasteiger partial charge in [0.25, 0.3) is 0 Å². The predicted molar refractivity (Wildman–Crippen MR) is 64.5 cm³/mol. The highest BCUT2D eigenvalue weighted by Crippen LogP contribution is 2.36. The van der Waals surface area contributed by atoms with Gasteiger partial charge < -0.3 is 5.73 Å². The second-order valence-corrected chi connectivity index (χ2v) is 7.10. The molecule has 2 fully saturated rings. The van der Waals surface area contributed by atoms with Crippen LogP contribution in [0.15, 0.2) is 0 Å². The molecule has 94 valence electrons. The van der Waals surface area contributed by atoms with E-state index in [1.54, 1.807) is 4.31 Å². The van der Waals surface area contributed by atoms with Gasteiger partial charge in [-0.1, -0.05) is 0 Å². The minimum absolute atomic E-state index is 0.285. The van der Waals surface area contributed by atoms with E-state index in [0.717, 1.165) is 25.8 Å². The van der Waals surface area contributed by atoms with Crippen molar-refractivity contribution in [2.75, 3.05) is 18.8 Å². The van der Waals surface area contributed by atoms with Crippen molar-refractivity contribution in [3.05, 3.63) is 0 Å². The zero-order chi connectivity index (χ0) is 11.6. The molecule has 0 bridgehead atoms. The molecule has 0 unspecified atom stereocenters. The monoisotopic (exact) mass is 246 g/mol. The van der Waals surface area contributed by atoms with Crippen LogP contribution in [0.25, 0.3) is 0 Å². The Morgan fingerprint density at radius 1 is 1.12 bits per heavy atom. The molecule has 0 aliphatic heterocycles. The normalized spacial score (nSPS) is 21.6. The third kappa shape index (κ3) is 3.43. The molecule has 2 rings (SSSR count). The van der Waals surface area contributed by atoms with Crippen molar-refractivity contribution in [1.29, 1.82) is 0 Å². The quantitative estimate of drug-likeness (QED) is 0.648. The van der Waals surface area contributed by atoms with Crippen LogP contribution < -0.4 is 5.73 Å². The highest BCUT2D eigenvalue weighted by atomic mass is 32.2. The highest BCUT2D eigenvalue weighted by molar-refractivity contribution is 7.89. The van der Waals surface area contributed by atoms with Gasteiger partial charge in [0.2, 0.25) is 10.0 Å². The van der Waals surface area contributed by atoms with Crippen LogP contribution in [0.4, 0.5) is 0 Å². The summed E-state index contributed by atoms with van der Waals surface area (Å²) in [4.78, 5) is 0. The SMILES string of the molecule is NCCCCS(=O)(=O)N(CC1CC1)C1CC1. The van der Waals surface area contributed by atoms with E-state index in [2.05, 4.69) is 0 Å². The van der Waals surface area contributed by atoms with E-state index in [-0.39, 0.29) is 5.75 Å². The van der Waals surface area contributed by atoms with Crippen LogP contribution in [0.5, 0.6) is 0 Å². The van der Waals surface area contributed by atoms with E-state index < -0.39 is 10.0 Å². The highest BCUT2D eigenvalue weighted by Gasteiger charge is 2.39. The summed E-state index contributed by atoms with van der Waals surface area (Å²) in [5, 5.41) is 0. The number of nitrogens with zero attached hydrogens (tertiary/aromatic N) is 1. The van der Waals surface area contributed by atoms with E-state index in [1.165, 1.54) is 12.8 Å². The molecular weight excluding hydrogens is 224 g/mol. The standard InChI is InChI=1S/C11H22N2O2S/c12-7-1-2-8-16(14,15)13(11-5-6-11)9-10-3-4-10/h10-11H,1-9,12H2. The maximum atomic E-state index is 12.1. The van der Waals surface area contributed by atoms with Crippen LogP contribution in [0.3, 0.4) is 0 Å². The summed E-state index contributed by atoms with van der Waals surface area (Å²) in [5.41, 5.74) is 5.39. The maximum absolute atomic E-state index is 12.1. The van der Waals surface area contributed by atoms with Crippen molar-refractivity contribution >= 4 is 10.0 Å². The van der Waals surface area contributed by atoms with Crippen LogP contribution in [0, 0.1) is 5.92 Å². The lowest BCUT2D eigenvalue weighted by molar-refractivity contribution is 0.388. The third-order valence-electron chi connectivity index (χ3n) is 3.30. The van der Waals surface area contributed by atoms with Crippen molar-refractivity contribution in [3.8, 4) is 0 Å². The summed E-state index contributed by atoms with van der Waals surface area (Å²) in [5.74, 6) is 0.929. The molecular formula is C11H22N2O2S. The molecule has 5 heteroatoms. The molecule has 2 aliphatic rings. The average molecular weight is 246 g/mol. The molecule has 16 heavy (non-hydrogen) atoms. The number of unbranched alkanes of at least 4 members (excludes halogenated alkanes) is 1. The van der Waals surface area contributed by atoms with Crippen LogP contribution in [-0.2, 0) is 10.0 Å². The Kier molecular flexibility index (Phi) is 3.87. The molecule has 0 saturated heterocycles. The zero-order valence-electron chi connectivity index (χ0n) is 9.77. The first kappa shape index (κ1) is 12.3. The predicted octanol–water partition coefficient (Wildman–Crippen LogP) is 0.929. The van der Waals surface area contributed by atoms with Gasteiger partial charge in [-0.3, -0.25) is 0 Å². The van der Waals surface area contributed by atoms with Crippen LogP contribution in [-0.4, -0.2) is 37.6 Å². The van der Waals surface area contributed by atoms with E-state index >= 15 is 0 Å². The Morgan fingerprint density at radius 2 is 1.81 bits per heavy atom. The van der Waals surface area contributed by atoms with Crippen LogP contribution in [0.1, 0.15) is 38.5 Å². The Hall–Kier alpha value is -0.130. The summed E-state index contributed by atoms with van der Waals surface area (Å²) in [7, 11) is -3.01. The topological polar surface area (TPSA) is 63.4 Å². The number of hydrogen-bond acceptors (Lipinski definition) is 3. The van der Waals surface area contributed by atoms with Gasteiger partial charge >= 0.3 is 0 Å².